The molecule has 5 aromatic carbocycles. The fraction of sp³-hybridized carbons (Fsp3) is 0.216. The zero-order valence-corrected chi connectivity index (χ0v) is 23.5. The number of rotatable bonds is 0. The van der Waals surface area contributed by atoms with Gasteiger partial charge in [0.05, 0.1) is 10.5 Å². The first-order chi connectivity index (χ1) is 21.2. The smallest absolute Gasteiger partial charge is 0.159 e. The zero-order valence-electron chi connectivity index (χ0n) is 24.7. The van der Waals surface area contributed by atoms with Gasteiger partial charge in [0, 0.05) is 57.5 Å². The van der Waals surface area contributed by atoms with Crippen LogP contribution in [0.2, 0.25) is 5.02 Å². The van der Waals surface area contributed by atoms with Crippen LogP contribution in [0.4, 0.5) is 0 Å². The summed E-state index contributed by atoms with van der Waals surface area (Å²) >= 11 is 6.75. The van der Waals surface area contributed by atoms with Crippen molar-refractivity contribution in [3.05, 3.63) is 107 Å². The highest BCUT2D eigenvalue weighted by atomic mass is 35.5. The number of nitrogens with one attached hydrogen (secondary N) is 1. The minimum Gasteiger partial charge on any atom is -0.454 e. The van der Waals surface area contributed by atoms with Gasteiger partial charge >= 0.3 is 0 Å². The van der Waals surface area contributed by atoms with Crippen molar-refractivity contribution in [3.8, 4) is 0 Å². The van der Waals surface area contributed by atoms with E-state index in [-0.39, 0.29) is 8.85 Å². The largest absolute Gasteiger partial charge is 0.454 e. The van der Waals surface area contributed by atoms with E-state index in [2.05, 4.69) is 53.5 Å². The average molecular weight is 583 g/mol. The first-order valence-electron chi connectivity index (χ1n) is 15.3. The first-order valence-corrected chi connectivity index (χ1v) is 14.6. The Balaban J connectivity index is 0.000000192. The quantitative estimate of drug-likeness (QED) is 0.193. The highest BCUT2D eigenvalue weighted by Gasteiger charge is 2.18. The van der Waals surface area contributed by atoms with Crippen LogP contribution < -0.4 is 0 Å². The van der Waals surface area contributed by atoms with Gasteiger partial charge in [-0.05, 0) is 59.4 Å². The van der Waals surface area contributed by atoms with E-state index in [4.69, 9.17) is 23.7 Å². The molecule has 5 heteroatoms. The lowest BCUT2D eigenvalue weighted by Crippen LogP contribution is -2.12. The number of aryl methyl sites for hydroxylation is 1. The maximum atomic E-state index is 11.0. The van der Waals surface area contributed by atoms with Crippen molar-refractivity contribution in [2.45, 2.75) is 39.5 Å². The molecule has 1 aliphatic carbocycles. The summed E-state index contributed by atoms with van der Waals surface area (Å²) in [5.41, 5.74) is 6.36. The lowest BCUT2D eigenvalue weighted by Gasteiger charge is -2.13. The standard InChI is InChI=1S/C22H12ClNO.C10H10O.C4H8O.CH4.2H2/c23-16-11-15-14-7-3-4-8-18(14)25-22(15)21-20(16)19-13-6-2-1-5-12(13)9-10-17(19)24-21;11-10-6-5-8-3-1-2-4-9(8)7-10;1-2-4-5-3-1;;;/h1-11,24H;1-4H,5-7H2;1-4H2;1H4;2*1H/i;;;;1+1D;1+1. The average Bonchev–Trinajstić information content (AvgIpc) is 3.83. The number of halogens is 1. The van der Waals surface area contributed by atoms with Crippen molar-refractivity contribution < 1.29 is 18.3 Å². The Morgan fingerprint density at radius 2 is 1.48 bits per heavy atom. The van der Waals surface area contributed by atoms with E-state index in [1.165, 1.54) is 34.7 Å². The molecule has 0 radical (unpaired) electrons. The number of benzene rings is 5. The number of para-hydroxylation sites is 1. The summed E-state index contributed by atoms with van der Waals surface area (Å²) in [6, 6.07) is 30.9. The molecular formula is C37H38ClNO3. The molecule has 42 heavy (non-hydrogen) atoms. The number of hydrogen-bond donors (Lipinski definition) is 1. The Labute approximate surface area is 254 Å². The second-order valence-corrected chi connectivity index (χ2v) is 11.1. The van der Waals surface area contributed by atoms with Gasteiger partial charge in [-0.15, -0.1) is 0 Å². The van der Waals surface area contributed by atoms with E-state index in [0.717, 1.165) is 74.8 Å². The molecule has 7 aromatic rings. The molecule has 9 rings (SSSR count). The van der Waals surface area contributed by atoms with Crippen LogP contribution >= 0.6 is 11.6 Å². The number of ether oxygens (including phenoxy) is 1. The molecule has 1 N–H and O–H groups in total. The van der Waals surface area contributed by atoms with Gasteiger partial charge in [-0.2, -0.15) is 0 Å². The molecule has 216 valence electrons. The Morgan fingerprint density at radius 3 is 2.26 bits per heavy atom. The van der Waals surface area contributed by atoms with Crippen molar-refractivity contribution in [1.82, 2.24) is 4.98 Å². The predicted octanol–water partition coefficient (Wildman–Crippen LogP) is 10.7. The van der Waals surface area contributed by atoms with Crippen molar-refractivity contribution >= 4 is 71.9 Å². The van der Waals surface area contributed by atoms with Crippen molar-refractivity contribution in [2.75, 3.05) is 13.2 Å². The van der Waals surface area contributed by atoms with Crippen LogP contribution in [0.1, 0.15) is 42.2 Å². The molecule has 0 unspecified atom stereocenters. The second-order valence-electron chi connectivity index (χ2n) is 10.7. The highest BCUT2D eigenvalue weighted by Crippen LogP contribution is 2.42. The predicted molar refractivity (Wildman–Crippen MR) is 180 cm³/mol. The third-order valence-electron chi connectivity index (χ3n) is 8.07. The number of hydrogen-bond acceptors (Lipinski definition) is 3. The fourth-order valence-corrected chi connectivity index (χ4v) is 6.33. The monoisotopic (exact) mass is 582 g/mol. The van der Waals surface area contributed by atoms with E-state index in [1.807, 2.05) is 42.5 Å². The van der Waals surface area contributed by atoms with Crippen LogP contribution in [0.3, 0.4) is 0 Å². The number of Topliss-reactive ketones (excluding diaryl/α,β-unsaturated/α-hetero) is 1. The summed E-state index contributed by atoms with van der Waals surface area (Å²) in [7, 11) is 0. The molecule has 1 fully saturated rings. The molecule has 2 aromatic heterocycles. The van der Waals surface area contributed by atoms with Crippen LogP contribution in [0, 0.1) is 0 Å². The highest BCUT2D eigenvalue weighted by molar-refractivity contribution is 6.42. The van der Waals surface area contributed by atoms with Gasteiger partial charge in [-0.25, -0.2) is 0 Å². The number of ketones is 1. The SMILES string of the molecule is C.C1CCOC1.Clc1cc2c3ccccc3oc2c2[nH]c3ccc4ccccc4c3c12.O=C1CCc2ccccc2C1.[2HH].[2H][2H]. The third kappa shape index (κ3) is 5.17. The molecular weight excluding hydrogens is 542 g/mol. The van der Waals surface area contributed by atoms with Gasteiger partial charge in [0.15, 0.2) is 5.58 Å². The van der Waals surface area contributed by atoms with Crippen LogP contribution in [-0.4, -0.2) is 24.0 Å². The van der Waals surface area contributed by atoms with Gasteiger partial charge < -0.3 is 14.1 Å². The topological polar surface area (TPSA) is 55.2 Å². The Kier molecular flexibility index (Phi) is 7.65. The fourth-order valence-electron chi connectivity index (χ4n) is 6.03. The lowest BCUT2D eigenvalue weighted by molar-refractivity contribution is -0.118. The Bertz CT molecular complexity index is 2060. The molecule has 1 aliphatic heterocycles. The van der Waals surface area contributed by atoms with Crippen LogP contribution in [0.15, 0.2) is 95.4 Å². The Morgan fingerprint density at radius 1 is 0.762 bits per heavy atom. The molecule has 0 spiro atoms. The lowest BCUT2D eigenvalue weighted by atomic mass is 9.91. The van der Waals surface area contributed by atoms with Gasteiger partial charge in [-0.1, -0.05) is 91.8 Å². The summed E-state index contributed by atoms with van der Waals surface area (Å²) in [6.07, 6.45) is 4.88. The Hall–Kier alpha value is -4.12. The normalized spacial score (nSPS) is 14.5. The number of carbonyl (C=O) groups is 1. The second kappa shape index (κ2) is 12.0. The van der Waals surface area contributed by atoms with Crippen molar-refractivity contribution in [1.29, 1.82) is 0 Å². The van der Waals surface area contributed by atoms with Crippen LogP contribution in [-0.2, 0) is 22.4 Å². The van der Waals surface area contributed by atoms with Crippen molar-refractivity contribution in [2.24, 2.45) is 0 Å². The molecule has 0 bridgehead atoms. The van der Waals surface area contributed by atoms with Crippen LogP contribution in [0.5, 0.6) is 0 Å². The van der Waals surface area contributed by atoms with E-state index < -0.39 is 0 Å². The molecule has 0 saturated carbocycles. The maximum absolute atomic E-state index is 11.0. The molecule has 0 amide bonds. The minimum atomic E-state index is 0. The maximum Gasteiger partial charge on any atom is 0.159 e. The van der Waals surface area contributed by atoms with Gasteiger partial charge in [0.1, 0.15) is 11.4 Å². The van der Waals surface area contributed by atoms with E-state index in [0.29, 0.717) is 12.2 Å². The number of fused-ring (bicyclic) bond motifs is 10. The summed E-state index contributed by atoms with van der Waals surface area (Å²) in [5, 5.41) is 7.46. The number of carbonyl (C=O) groups excluding carboxylic acids is 1. The molecule has 2 aliphatic rings. The molecule has 1 saturated heterocycles. The number of aromatic amines is 1. The van der Waals surface area contributed by atoms with E-state index >= 15 is 0 Å². The van der Waals surface area contributed by atoms with E-state index in [9.17, 15) is 4.79 Å². The third-order valence-corrected chi connectivity index (χ3v) is 8.36. The zero-order chi connectivity index (χ0) is 29.8. The van der Waals surface area contributed by atoms with Gasteiger partial charge in [0.2, 0.25) is 0 Å². The molecule has 0 atom stereocenters. The van der Waals surface area contributed by atoms with E-state index in [1.54, 1.807) is 0 Å². The number of furan rings is 1. The minimum absolute atomic E-state index is 0. The summed E-state index contributed by atoms with van der Waals surface area (Å²) in [6.45, 7) is 2.00. The number of H-pyrrole nitrogens is 1. The van der Waals surface area contributed by atoms with Gasteiger partial charge in [-0.3, -0.25) is 4.79 Å². The van der Waals surface area contributed by atoms with Gasteiger partial charge in [0.25, 0.3) is 0 Å². The first kappa shape index (κ1) is 26.8. The number of aromatic nitrogens is 1. The summed E-state index contributed by atoms with van der Waals surface area (Å²) in [5.74, 6) is 0.378. The molecule has 3 heterocycles. The van der Waals surface area contributed by atoms with Crippen LogP contribution in [0.25, 0.3) is 54.5 Å². The summed E-state index contributed by atoms with van der Waals surface area (Å²) < 4.78 is 21.1. The summed E-state index contributed by atoms with van der Waals surface area (Å²) in [4.78, 5) is 14.6. The van der Waals surface area contributed by atoms with Crippen molar-refractivity contribution in [3.63, 3.8) is 0 Å². The molecule has 4 nitrogen and oxygen atoms in total.